The van der Waals surface area contributed by atoms with Crippen LogP contribution in [-0.4, -0.2) is 20.2 Å². The van der Waals surface area contributed by atoms with Gasteiger partial charge in [0.2, 0.25) is 5.95 Å². The molecule has 0 saturated heterocycles. The summed E-state index contributed by atoms with van der Waals surface area (Å²) >= 11 is 3.52. The average Bonchev–Trinajstić information content (AvgIpc) is 3.28. The SMILES string of the molecule is Brc1cnc(NC2CCc3ccccc32)nc1Nc1cc(C2CC2)[nH]n1. The van der Waals surface area contributed by atoms with Crippen LogP contribution in [0.25, 0.3) is 0 Å². The second-order valence-electron chi connectivity index (χ2n) is 6.93. The summed E-state index contributed by atoms with van der Waals surface area (Å²) in [6.45, 7) is 0. The molecule has 1 aromatic carbocycles. The van der Waals surface area contributed by atoms with Gasteiger partial charge >= 0.3 is 0 Å². The summed E-state index contributed by atoms with van der Waals surface area (Å²) in [7, 11) is 0. The lowest BCUT2D eigenvalue weighted by Gasteiger charge is -2.15. The van der Waals surface area contributed by atoms with Crippen molar-refractivity contribution < 1.29 is 0 Å². The van der Waals surface area contributed by atoms with Crippen LogP contribution in [0.4, 0.5) is 17.6 Å². The van der Waals surface area contributed by atoms with Crippen molar-refractivity contribution in [3.63, 3.8) is 0 Å². The zero-order valence-corrected chi connectivity index (χ0v) is 15.8. The van der Waals surface area contributed by atoms with E-state index in [1.807, 2.05) is 0 Å². The molecule has 1 unspecified atom stereocenters. The van der Waals surface area contributed by atoms with Crippen molar-refractivity contribution in [1.29, 1.82) is 0 Å². The molecule has 7 heteroatoms. The molecule has 0 spiro atoms. The van der Waals surface area contributed by atoms with E-state index < -0.39 is 0 Å². The second kappa shape index (κ2) is 6.39. The summed E-state index contributed by atoms with van der Waals surface area (Å²) in [5.74, 6) is 2.76. The highest BCUT2D eigenvalue weighted by Gasteiger charge is 2.26. The number of hydrogen-bond donors (Lipinski definition) is 3. The van der Waals surface area contributed by atoms with Crippen molar-refractivity contribution in [1.82, 2.24) is 20.2 Å². The summed E-state index contributed by atoms with van der Waals surface area (Å²) in [5.41, 5.74) is 3.94. The van der Waals surface area contributed by atoms with Crippen molar-refractivity contribution in [3.8, 4) is 0 Å². The van der Waals surface area contributed by atoms with E-state index in [0.717, 1.165) is 23.1 Å². The van der Waals surface area contributed by atoms with Crippen LogP contribution in [0.15, 0.2) is 41.0 Å². The zero-order chi connectivity index (χ0) is 17.5. The van der Waals surface area contributed by atoms with Crippen LogP contribution < -0.4 is 10.6 Å². The number of rotatable bonds is 5. The quantitative estimate of drug-likeness (QED) is 0.568. The number of nitrogens with zero attached hydrogens (tertiary/aromatic N) is 3. The molecule has 3 N–H and O–H groups in total. The molecule has 0 aliphatic heterocycles. The number of nitrogens with one attached hydrogen (secondary N) is 3. The summed E-state index contributed by atoms with van der Waals surface area (Å²) in [6, 6.07) is 10.9. The first-order chi connectivity index (χ1) is 12.8. The number of fused-ring (bicyclic) bond motifs is 1. The van der Waals surface area contributed by atoms with Crippen LogP contribution >= 0.6 is 15.9 Å². The Morgan fingerprint density at radius 1 is 1.15 bits per heavy atom. The number of hydrogen-bond acceptors (Lipinski definition) is 5. The Morgan fingerprint density at radius 3 is 2.92 bits per heavy atom. The van der Waals surface area contributed by atoms with E-state index in [2.05, 4.69) is 77.1 Å². The third kappa shape index (κ3) is 3.07. The lowest BCUT2D eigenvalue weighted by Crippen LogP contribution is -2.11. The van der Waals surface area contributed by atoms with Crippen molar-refractivity contribution in [2.75, 3.05) is 10.6 Å². The van der Waals surface area contributed by atoms with Crippen LogP contribution in [0.2, 0.25) is 0 Å². The highest BCUT2D eigenvalue weighted by atomic mass is 79.9. The summed E-state index contributed by atoms with van der Waals surface area (Å²) in [6.07, 6.45) is 6.41. The summed E-state index contributed by atoms with van der Waals surface area (Å²) in [5, 5.41) is 14.2. The molecule has 6 nitrogen and oxygen atoms in total. The van der Waals surface area contributed by atoms with E-state index in [0.29, 0.717) is 17.7 Å². The first-order valence-corrected chi connectivity index (χ1v) is 9.75. The molecule has 26 heavy (non-hydrogen) atoms. The van der Waals surface area contributed by atoms with Gasteiger partial charge in [0.1, 0.15) is 0 Å². The van der Waals surface area contributed by atoms with Crippen molar-refractivity contribution in [2.24, 2.45) is 0 Å². The minimum absolute atomic E-state index is 0.257. The fraction of sp³-hybridized carbons (Fsp3) is 0.316. The predicted molar refractivity (Wildman–Crippen MR) is 105 cm³/mol. The van der Waals surface area contributed by atoms with Gasteiger partial charge in [0.05, 0.1) is 10.5 Å². The van der Waals surface area contributed by atoms with Gasteiger partial charge in [0.15, 0.2) is 11.6 Å². The normalized spacial score (nSPS) is 18.6. The molecule has 0 bridgehead atoms. The molecule has 2 heterocycles. The third-order valence-corrected chi connectivity index (χ3v) is 5.62. The van der Waals surface area contributed by atoms with Crippen LogP contribution in [0.1, 0.15) is 48.0 Å². The number of aromatic amines is 1. The second-order valence-corrected chi connectivity index (χ2v) is 7.79. The van der Waals surface area contributed by atoms with Gasteiger partial charge in [-0.1, -0.05) is 24.3 Å². The number of anilines is 3. The van der Waals surface area contributed by atoms with E-state index >= 15 is 0 Å². The van der Waals surface area contributed by atoms with Crippen LogP contribution in [-0.2, 0) is 6.42 Å². The number of aryl methyl sites for hydroxylation is 1. The van der Waals surface area contributed by atoms with Gasteiger partial charge < -0.3 is 10.6 Å². The maximum atomic E-state index is 4.64. The molecule has 2 aliphatic rings. The molecule has 0 radical (unpaired) electrons. The molecule has 0 amide bonds. The molecule has 3 aromatic rings. The van der Waals surface area contributed by atoms with E-state index in [1.165, 1.54) is 29.7 Å². The van der Waals surface area contributed by atoms with Gasteiger partial charge in [-0.2, -0.15) is 10.1 Å². The van der Waals surface area contributed by atoms with Crippen molar-refractivity contribution in [2.45, 2.75) is 37.6 Å². The van der Waals surface area contributed by atoms with E-state index in [9.17, 15) is 0 Å². The largest absolute Gasteiger partial charge is 0.347 e. The van der Waals surface area contributed by atoms with Crippen molar-refractivity contribution >= 4 is 33.5 Å². The monoisotopic (exact) mass is 410 g/mol. The summed E-state index contributed by atoms with van der Waals surface area (Å²) in [4.78, 5) is 9.06. The third-order valence-electron chi connectivity index (χ3n) is 5.04. The van der Waals surface area contributed by atoms with Gasteiger partial charge in [-0.05, 0) is 52.7 Å². The van der Waals surface area contributed by atoms with Gasteiger partial charge in [-0.15, -0.1) is 0 Å². The Kier molecular flexibility index (Phi) is 3.89. The molecule has 5 rings (SSSR count). The Balaban J connectivity index is 1.35. The molecular weight excluding hydrogens is 392 g/mol. The number of benzene rings is 1. The number of H-pyrrole nitrogens is 1. The van der Waals surface area contributed by atoms with Gasteiger partial charge in [-0.25, -0.2) is 4.98 Å². The van der Waals surface area contributed by atoms with Gasteiger partial charge in [0, 0.05) is 23.9 Å². The number of halogens is 1. The lowest BCUT2D eigenvalue weighted by atomic mass is 10.1. The predicted octanol–water partition coefficient (Wildman–Crippen LogP) is 4.68. The minimum Gasteiger partial charge on any atom is -0.347 e. The highest BCUT2D eigenvalue weighted by molar-refractivity contribution is 9.10. The Labute approximate surface area is 160 Å². The Hall–Kier alpha value is -2.41. The molecule has 2 aromatic heterocycles. The molecule has 1 atom stereocenters. The minimum atomic E-state index is 0.257. The first kappa shape index (κ1) is 15.8. The van der Waals surface area contributed by atoms with Gasteiger partial charge in [0.25, 0.3) is 0 Å². The topological polar surface area (TPSA) is 78.5 Å². The Bertz CT molecular complexity index is 949. The molecule has 1 fully saturated rings. The number of aromatic nitrogens is 4. The van der Waals surface area contributed by atoms with E-state index in [-0.39, 0.29) is 6.04 Å². The smallest absolute Gasteiger partial charge is 0.225 e. The fourth-order valence-electron chi connectivity index (χ4n) is 3.51. The highest BCUT2D eigenvalue weighted by Crippen LogP contribution is 2.40. The molecule has 2 aliphatic carbocycles. The molecular formula is C19H19BrN6. The molecule has 1 saturated carbocycles. The van der Waals surface area contributed by atoms with Gasteiger partial charge in [-0.3, -0.25) is 5.10 Å². The van der Waals surface area contributed by atoms with E-state index in [4.69, 9.17) is 0 Å². The summed E-state index contributed by atoms with van der Waals surface area (Å²) < 4.78 is 0.811. The Morgan fingerprint density at radius 2 is 2.04 bits per heavy atom. The molecule has 132 valence electrons. The van der Waals surface area contributed by atoms with Crippen LogP contribution in [0, 0.1) is 0 Å². The first-order valence-electron chi connectivity index (χ1n) is 8.95. The zero-order valence-electron chi connectivity index (χ0n) is 14.2. The average molecular weight is 411 g/mol. The van der Waals surface area contributed by atoms with Crippen LogP contribution in [0.5, 0.6) is 0 Å². The van der Waals surface area contributed by atoms with Crippen LogP contribution in [0.3, 0.4) is 0 Å². The fourth-order valence-corrected chi connectivity index (χ4v) is 3.80. The van der Waals surface area contributed by atoms with E-state index in [1.54, 1.807) is 6.20 Å². The maximum absolute atomic E-state index is 4.64. The maximum Gasteiger partial charge on any atom is 0.225 e. The standard InChI is InChI=1S/C19H19BrN6/c20-14-10-21-19(22-15-8-7-11-3-1-2-4-13(11)15)24-18(14)23-17-9-16(25-26-17)12-5-6-12/h1-4,9-10,12,15H,5-8H2,(H3,21,22,23,24,25,26). The lowest BCUT2D eigenvalue weighted by molar-refractivity contribution is 0.751. The van der Waals surface area contributed by atoms with Crippen molar-refractivity contribution in [3.05, 3.63) is 57.8 Å².